The molecule has 2 aliphatic heterocycles. The Hall–Kier alpha value is -2.84. The average molecular weight is 456 g/mol. The number of ether oxygens (including phenoxy) is 1. The number of allylic oxidation sites excluding steroid dienone is 1. The van der Waals surface area contributed by atoms with E-state index in [-0.39, 0.29) is 30.0 Å². The first-order valence-corrected chi connectivity index (χ1v) is 11.6. The predicted octanol–water partition coefficient (Wildman–Crippen LogP) is 3.23. The molecule has 0 spiro atoms. The molecule has 2 aliphatic rings. The summed E-state index contributed by atoms with van der Waals surface area (Å²) in [4.78, 5) is 26.1. The number of carbonyl (C=O) groups excluding carboxylic acids is 2. The van der Waals surface area contributed by atoms with Crippen molar-refractivity contribution in [3.63, 3.8) is 0 Å². The van der Waals surface area contributed by atoms with Gasteiger partial charge < -0.3 is 15.4 Å². The fraction of sp³-hybridized carbons (Fsp3) is 0.333. The van der Waals surface area contributed by atoms with Crippen molar-refractivity contribution < 1.29 is 18.7 Å². The first kappa shape index (κ1) is 22.4. The van der Waals surface area contributed by atoms with Crippen LogP contribution in [0.4, 0.5) is 4.39 Å². The zero-order valence-corrected chi connectivity index (χ0v) is 18.7. The van der Waals surface area contributed by atoms with Crippen LogP contribution in [0.3, 0.4) is 0 Å². The second kappa shape index (κ2) is 9.75. The number of amides is 1. The van der Waals surface area contributed by atoms with Crippen LogP contribution >= 0.6 is 11.8 Å². The van der Waals surface area contributed by atoms with Crippen molar-refractivity contribution in [2.75, 3.05) is 6.61 Å². The van der Waals surface area contributed by atoms with Crippen LogP contribution in [-0.4, -0.2) is 30.1 Å². The highest BCUT2D eigenvalue weighted by Gasteiger charge is 2.48. The molecule has 168 valence electrons. The maximum Gasteiger partial charge on any atom is 0.336 e. The van der Waals surface area contributed by atoms with Crippen molar-refractivity contribution in [1.29, 1.82) is 0 Å². The van der Waals surface area contributed by atoms with Crippen LogP contribution in [0.2, 0.25) is 0 Å². The lowest BCUT2D eigenvalue weighted by Gasteiger charge is -2.45. The minimum absolute atomic E-state index is 0.171. The molecule has 3 N–H and O–H groups in total. The van der Waals surface area contributed by atoms with Gasteiger partial charge in [0, 0.05) is 17.4 Å². The Morgan fingerprint density at radius 3 is 2.50 bits per heavy atom. The molecule has 0 aromatic heterocycles. The van der Waals surface area contributed by atoms with Gasteiger partial charge in [0.2, 0.25) is 5.91 Å². The molecular formula is C24H26FN3O3S. The van der Waals surface area contributed by atoms with Crippen LogP contribution in [0, 0.1) is 11.7 Å². The zero-order chi connectivity index (χ0) is 22.7. The minimum atomic E-state index is -0.600. The Bertz CT molecular complexity index is 1010. The number of carbonyl (C=O) groups is 2. The van der Waals surface area contributed by atoms with E-state index in [0.29, 0.717) is 16.8 Å². The number of rotatable bonds is 6. The highest BCUT2D eigenvalue weighted by atomic mass is 32.2. The predicted molar refractivity (Wildman–Crippen MR) is 122 cm³/mol. The van der Waals surface area contributed by atoms with Gasteiger partial charge in [-0.15, -0.1) is 11.8 Å². The van der Waals surface area contributed by atoms with Gasteiger partial charge in [-0.25, -0.2) is 9.18 Å². The van der Waals surface area contributed by atoms with E-state index in [9.17, 15) is 14.0 Å². The molecule has 32 heavy (non-hydrogen) atoms. The highest BCUT2D eigenvalue weighted by molar-refractivity contribution is 7.99. The van der Waals surface area contributed by atoms with Crippen LogP contribution < -0.4 is 16.0 Å². The van der Waals surface area contributed by atoms with Crippen LogP contribution in [0.1, 0.15) is 30.9 Å². The van der Waals surface area contributed by atoms with E-state index >= 15 is 0 Å². The Morgan fingerprint density at radius 2 is 1.81 bits per heavy atom. The molecular weight excluding hydrogens is 429 g/mol. The molecule has 0 radical (unpaired) electrons. The summed E-state index contributed by atoms with van der Waals surface area (Å²) in [6.07, 6.45) is -0.384. The molecule has 2 aromatic rings. The maximum absolute atomic E-state index is 13.6. The summed E-state index contributed by atoms with van der Waals surface area (Å²) in [7, 11) is 0. The monoisotopic (exact) mass is 455 g/mol. The summed E-state index contributed by atoms with van der Waals surface area (Å²) in [5, 5.41) is 9.77. The SMILES string of the molecule is CCOC(=O)C1=C(C)NC2NC(SCc3ccccc3)NC(=O)C2C1c1ccc(F)cc1. The van der Waals surface area contributed by atoms with E-state index in [1.54, 1.807) is 37.7 Å². The highest BCUT2D eigenvalue weighted by Crippen LogP contribution is 2.41. The van der Waals surface area contributed by atoms with Gasteiger partial charge in [-0.1, -0.05) is 42.5 Å². The molecule has 8 heteroatoms. The standard InChI is InChI=1S/C24H26FN3O3S/c1-3-31-23(30)18-14(2)26-21-20(19(18)16-9-11-17(25)12-10-16)22(29)28-24(27-21)32-13-15-7-5-4-6-8-15/h4-12,19-21,24,26-27H,3,13H2,1-2H3,(H,28,29). The van der Waals surface area contributed by atoms with Crippen molar-refractivity contribution in [2.45, 2.75) is 37.2 Å². The van der Waals surface area contributed by atoms with Crippen molar-refractivity contribution in [3.05, 3.63) is 82.8 Å². The number of esters is 1. The van der Waals surface area contributed by atoms with E-state index in [0.717, 1.165) is 11.3 Å². The minimum Gasteiger partial charge on any atom is -0.463 e. The molecule has 4 unspecified atom stereocenters. The quantitative estimate of drug-likeness (QED) is 0.581. The van der Waals surface area contributed by atoms with E-state index in [4.69, 9.17) is 4.74 Å². The second-order valence-electron chi connectivity index (χ2n) is 7.79. The van der Waals surface area contributed by atoms with Gasteiger partial charge in [0.1, 0.15) is 11.3 Å². The van der Waals surface area contributed by atoms with Crippen molar-refractivity contribution in [3.8, 4) is 0 Å². The van der Waals surface area contributed by atoms with Gasteiger partial charge in [0.15, 0.2) is 0 Å². The smallest absolute Gasteiger partial charge is 0.336 e. The van der Waals surface area contributed by atoms with Crippen LogP contribution in [0.25, 0.3) is 0 Å². The number of halogens is 1. The Morgan fingerprint density at radius 1 is 1.09 bits per heavy atom. The fourth-order valence-corrected chi connectivity index (χ4v) is 5.25. The molecule has 2 heterocycles. The Kier molecular flexibility index (Phi) is 6.81. The van der Waals surface area contributed by atoms with E-state index in [2.05, 4.69) is 16.0 Å². The van der Waals surface area contributed by atoms with Crippen molar-refractivity contribution >= 4 is 23.6 Å². The van der Waals surface area contributed by atoms with Crippen molar-refractivity contribution in [2.24, 2.45) is 5.92 Å². The van der Waals surface area contributed by atoms with E-state index in [1.807, 2.05) is 30.3 Å². The topological polar surface area (TPSA) is 79.5 Å². The molecule has 6 nitrogen and oxygen atoms in total. The summed E-state index contributed by atoms with van der Waals surface area (Å²) in [5.41, 5.74) is 2.61. The summed E-state index contributed by atoms with van der Waals surface area (Å²) in [6, 6.07) is 16.0. The number of nitrogens with one attached hydrogen (secondary N) is 3. The lowest BCUT2D eigenvalue weighted by Crippen LogP contribution is -2.67. The van der Waals surface area contributed by atoms with E-state index < -0.39 is 17.8 Å². The number of hydrogen-bond donors (Lipinski definition) is 3. The summed E-state index contributed by atoms with van der Waals surface area (Å²) in [5.74, 6) is -1.44. The van der Waals surface area contributed by atoms with Crippen LogP contribution in [0.15, 0.2) is 65.9 Å². The number of fused-ring (bicyclic) bond motifs is 1. The third-order valence-corrected chi connectivity index (χ3v) is 6.78. The second-order valence-corrected chi connectivity index (χ2v) is 8.88. The van der Waals surface area contributed by atoms with E-state index in [1.165, 1.54) is 12.1 Å². The number of thioether (sulfide) groups is 1. The fourth-order valence-electron chi connectivity index (χ4n) is 4.26. The molecule has 2 aromatic carbocycles. The van der Waals surface area contributed by atoms with Gasteiger partial charge in [-0.05, 0) is 37.1 Å². The maximum atomic E-state index is 13.6. The first-order chi connectivity index (χ1) is 15.5. The molecule has 0 saturated carbocycles. The molecule has 1 saturated heterocycles. The normalized spacial score (nSPS) is 24.9. The molecule has 1 amide bonds. The number of benzene rings is 2. The third-order valence-electron chi connectivity index (χ3n) is 5.70. The zero-order valence-electron chi connectivity index (χ0n) is 17.9. The van der Waals surface area contributed by atoms with Crippen molar-refractivity contribution in [1.82, 2.24) is 16.0 Å². The Labute approximate surface area is 191 Å². The van der Waals surface area contributed by atoms with Crippen LogP contribution in [-0.2, 0) is 20.1 Å². The lowest BCUT2D eigenvalue weighted by molar-refractivity contribution is -0.139. The summed E-state index contributed by atoms with van der Waals surface area (Å²) in [6.45, 7) is 3.77. The lowest BCUT2D eigenvalue weighted by atomic mass is 9.74. The van der Waals surface area contributed by atoms with Gasteiger partial charge in [-0.2, -0.15) is 0 Å². The van der Waals surface area contributed by atoms with Gasteiger partial charge in [-0.3, -0.25) is 10.1 Å². The molecule has 0 bridgehead atoms. The molecule has 4 rings (SSSR count). The largest absolute Gasteiger partial charge is 0.463 e. The van der Waals surface area contributed by atoms with Crippen LogP contribution in [0.5, 0.6) is 0 Å². The first-order valence-electron chi connectivity index (χ1n) is 10.6. The molecule has 0 aliphatic carbocycles. The van der Waals surface area contributed by atoms with Gasteiger partial charge >= 0.3 is 5.97 Å². The molecule has 1 fully saturated rings. The number of hydrogen-bond acceptors (Lipinski definition) is 6. The van der Waals surface area contributed by atoms with Gasteiger partial charge in [0.25, 0.3) is 0 Å². The average Bonchev–Trinajstić information content (AvgIpc) is 2.78. The van der Waals surface area contributed by atoms with Gasteiger partial charge in [0.05, 0.1) is 24.3 Å². The molecule has 4 atom stereocenters. The summed E-state index contributed by atoms with van der Waals surface area (Å²) < 4.78 is 18.9. The Balaban J connectivity index is 1.61. The third kappa shape index (κ3) is 4.66. The summed E-state index contributed by atoms with van der Waals surface area (Å²) >= 11 is 1.59.